The number of aromatic nitrogens is 2. The molecule has 2 N–H and O–H groups in total. The summed E-state index contributed by atoms with van der Waals surface area (Å²) in [5, 5.41) is 6.09. The zero-order valence-corrected chi connectivity index (χ0v) is 16.7. The van der Waals surface area contributed by atoms with Crippen LogP contribution in [0.4, 0.5) is 16.4 Å². The highest BCUT2D eigenvalue weighted by Gasteiger charge is 2.49. The van der Waals surface area contributed by atoms with Gasteiger partial charge in [-0.25, -0.2) is 14.8 Å². The molecule has 158 valence electrons. The molecule has 5 rings (SSSR count). The highest BCUT2D eigenvalue weighted by Crippen LogP contribution is 2.34. The molecule has 0 spiro atoms. The summed E-state index contributed by atoms with van der Waals surface area (Å²) < 4.78 is 17.4. The summed E-state index contributed by atoms with van der Waals surface area (Å²) >= 11 is 0. The van der Waals surface area contributed by atoms with Gasteiger partial charge in [-0.2, -0.15) is 0 Å². The Balaban J connectivity index is 1.18. The van der Waals surface area contributed by atoms with Crippen molar-refractivity contribution < 1.29 is 19.0 Å². The van der Waals surface area contributed by atoms with Crippen LogP contribution in [0.25, 0.3) is 0 Å². The molecule has 3 aliphatic rings. The van der Waals surface area contributed by atoms with Gasteiger partial charge in [-0.15, -0.1) is 0 Å². The summed E-state index contributed by atoms with van der Waals surface area (Å²) in [5.41, 5.74) is 1.79. The fraction of sp³-hybridized carbons (Fsp3) is 0.500. The Morgan fingerprint density at radius 1 is 1.03 bits per heavy atom. The van der Waals surface area contributed by atoms with Crippen LogP contribution in [0.3, 0.4) is 0 Å². The molecular formula is C22H26N4O4. The molecule has 8 heteroatoms. The maximum atomic E-state index is 12.2. The lowest BCUT2D eigenvalue weighted by Crippen LogP contribution is -2.38. The number of nitrogens with one attached hydrogen (secondary N) is 2. The molecule has 4 unspecified atom stereocenters. The molecular weight excluding hydrogens is 384 g/mol. The molecule has 1 aliphatic carbocycles. The lowest BCUT2D eigenvalue weighted by Gasteiger charge is -2.18. The molecule has 0 radical (unpaired) electrons. The summed E-state index contributed by atoms with van der Waals surface area (Å²) in [6.07, 6.45) is 5.27. The van der Waals surface area contributed by atoms with Crippen LogP contribution in [0.1, 0.15) is 37.3 Å². The summed E-state index contributed by atoms with van der Waals surface area (Å²) in [6.45, 7) is 0.755. The standard InChI is InChI=1S/C22H26N4O4/c27-22(24-15-8-2-1-3-9-15)30-18-13-29-19-17(12-28-20(18)19)26-21-23-11-10-16(25-21)14-6-4-5-7-14/h1-3,8-11,14,17-20H,4-7,12-13H2,(H,24,27)(H,23,25,26). The molecule has 3 heterocycles. The van der Waals surface area contributed by atoms with Crippen LogP contribution in [0.15, 0.2) is 42.6 Å². The van der Waals surface area contributed by atoms with Gasteiger partial charge in [0.2, 0.25) is 5.95 Å². The Morgan fingerprint density at radius 3 is 2.67 bits per heavy atom. The van der Waals surface area contributed by atoms with E-state index in [2.05, 4.69) is 15.6 Å². The fourth-order valence-electron chi connectivity index (χ4n) is 4.55. The Morgan fingerprint density at radius 2 is 1.83 bits per heavy atom. The predicted molar refractivity (Wildman–Crippen MR) is 110 cm³/mol. The number of nitrogens with zero attached hydrogens (tertiary/aromatic N) is 2. The largest absolute Gasteiger partial charge is 0.441 e. The number of benzene rings is 1. The van der Waals surface area contributed by atoms with Crippen molar-refractivity contribution >= 4 is 17.7 Å². The number of hydrogen-bond donors (Lipinski definition) is 2. The first kappa shape index (κ1) is 19.3. The average molecular weight is 410 g/mol. The van der Waals surface area contributed by atoms with Gasteiger partial charge in [-0.05, 0) is 31.0 Å². The Kier molecular flexibility index (Phi) is 5.50. The first-order chi connectivity index (χ1) is 14.8. The van der Waals surface area contributed by atoms with Crippen molar-refractivity contribution in [3.8, 4) is 0 Å². The lowest BCUT2D eigenvalue weighted by atomic mass is 10.0. The van der Waals surface area contributed by atoms with Crippen molar-refractivity contribution in [1.29, 1.82) is 0 Å². The van der Waals surface area contributed by atoms with Crippen LogP contribution in [-0.4, -0.2) is 53.6 Å². The normalized spacial score (nSPS) is 28.3. The molecule has 1 amide bonds. The molecule has 3 fully saturated rings. The fourth-order valence-corrected chi connectivity index (χ4v) is 4.55. The number of rotatable bonds is 5. The molecule has 1 aromatic heterocycles. The Labute approximate surface area is 175 Å². The van der Waals surface area contributed by atoms with E-state index in [1.165, 1.54) is 25.7 Å². The number of carbonyl (C=O) groups is 1. The van der Waals surface area contributed by atoms with Gasteiger partial charge in [0.25, 0.3) is 0 Å². The van der Waals surface area contributed by atoms with Crippen molar-refractivity contribution in [3.63, 3.8) is 0 Å². The van der Waals surface area contributed by atoms with Crippen LogP contribution in [0, 0.1) is 0 Å². The second kappa shape index (κ2) is 8.57. The van der Waals surface area contributed by atoms with Crippen molar-refractivity contribution in [2.45, 2.75) is 56.0 Å². The third-order valence-electron chi connectivity index (χ3n) is 6.05. The van der Waals surface area contributed by atoms with E-state index in [9.17, 15) is 4.79 Å². The van der Waals surface area contributed by atoms with Gasteiger partial charge in [0, 0.05) is 23.5 Å². The van der Waals surface area contributed by atoms with E-state index in [-0.39, 0.29) is 18.2 Å². The summed E-state index contributed by atoms with van der Waals surface area (Å²) in [7, 11) is 0. The number of para-hydroxylation sites is 1. The highest BCUT2D eigenvalue weighted by molar-refractivity contribution is 5.84. The zero-order chi connectivity index (χ0) is 20.3. The quantitative estimate of drug-likeness (QED) is 0.781. The third-order valence-corrected chi connectivity index (χ3v) is 6.05. The molecule has 8 nitrogen and oxygen atoms in total. The Bertz CT molecular complexity index is 874. The van der Waals surface area contributed by atoms with E-state index < -0.39 is 12.2 Å². The molecule has 30 heavy (non-hydrogen) atoms. The van der Waals surface area contributed by atoms with Gasteiger partial charge < -0.3 is 19.5 Å². The number of anilines is 2. The molecule has 2 aromatic rings. The molecule has 2 saturated heterocycles. The summed E-state index contributed by atoms with van der Waals surface area (Å²) in [6, 6.07) is 11.1. The molecule has 1 saturated carbocycles. The van der Waals surface area contributed by atoms with Crippen molar-refractivity contribution in [1.82, 2.24) is 9.97 Å². The molecule has 2 aliphatic heterocycles. The van der Waals surface area contributed by atoms with Gasteiger partial charge in [-0.3, -0.25) is 5.32 Å². The van der Waals surface area contributed by atoms with Crippen LogP contribution in [-0.2, 0) is 14.2 Å². The number of fused-ring (bicyclic) bond motifs is 1. The smallest absolute Gasteiger partial charge is 0.412 e. The van der Waals surface area contributed by atoms with E-state index >= 15 is 0 Å². The van der Waals surface area contributed by atoms with Gasteiger partial charge >= 0.3 is 6.09 Å². The predicted octanol–water partition coefficient (Wildman–Crippen LogP) is 3.33. The monoisotopic (exact) mass is 410 g/mol. The minimum atomic E-state index is -0.511. The molecule has 0 bridgehead atoms. The second-order valence-electron chi connectivity index (χ2n) is 8.07. The van der Waals surface area contributed by atoms with Gasteiger partial charge in [0.15, 0.2) is 6.10 Å². The number of amides is 1. The van der Waals surface area contributed by atoms with Gasteiger partial charge in [-0.1, -0.05) is 31.0 Å². The van der Waals surface area contributed by atoms with Crippen LogP contribution in [0.5, 0.6) is 0 Å². The van der Waals surface area contributed by atoms with Crippen molar-refractivity contribution in [2.24, 2.45) is 0 Å². The maximum Gasteiger partial charge on any atom is 0.412 e. The van der Waals surface area contributed by atoms with E-state index in [4.69, 9.17) is 19.2 Å². The van der Waals surface area contributed by atoms with Crippen LogP contribution < -0.4 is 10.6 Å². The lowest BCUT2D eigenvalue weighted by molar-refractivity contribution is 0.00917. The number of ether oxygens (including phenoxy) is 3. The minimum Gasteiger partial charge on any atom is -0.441 e. The van der Waals surface area contributed by atoms with Crippen molar-refractivity contribution in [2.75, 3.05) is 23.8 Å². The van der Waals surface area contributed by atoms with E-state index in [0.29, 0.717) is 30.8 Å². The topological polar surface area (TPSA) is 94.6 Å². The van der Waals surface area contributed by atoms with E-state index in [1.807, 2.05) is 30.5 Å². The van der Waals surface area contributed by atoms with E-state index in [0.717, 1.165) is 5.69 Å². The SMILES string of the molecule is O=C(Nc1ccccc1)OC1COC2C(Nc3nccc(C4CCCC4)n3)COC12. The Hall–Kier alpha value is -2.71. The number of hydrogen-bond acceptors (Lipinski definition) is 7. The minimum absolute atomic E-state index is 0.0837. The third kappa shape index (κ3) is 4.11. The maximum absolute atomic E-state index is 12.2. The first-order valence-electron chi connectivity index (χ1n) is 10.6. The average Bonchev–Trinajstić information content (AvgIpc) is 3.50. The number of carbonyl (C=O) groups excluding carboxylic acids is 1. The zero-order valence-electron chi connectivity index (χ0n) is 16.7. The van der Waals surface area contributed by atoms with E-state index in [1.54, 1.807) is 12.1 Å². The molecule has 1 aromatic carbocycles. The van der Waals surface area contributed by atoms with Crippen LogP contribution >= 0.6 is 0 Å². The van der Waals surface area contributed by atoms with Crippen LogP contribution in [0.2, 0.25) is 0 Å². The summed E-state index contributed by atoms with van der Waals surface area (Å²) in [4.78, 5) is 21.3. The second-order valence-corrected chi connectivity index (χ2v) is 8.07. The van der Waals surface area contributed by atoms with Gasteiger partial charge in [0.1, 0.15) is 12.2 Å². The summed E-state index contributed by atoms with van der Waals surface area (Å²) in [5.74, 6) is 1.13. The van der Waals surface area contributed by atoms with Crippen molar-refractivity contribution in [3.05, 3.63) is 48.3 Å². The molecule has 4 atom stereocenters. The van der Waals surface area contributed by atoms with Gasteiger partial charge in [0.05, 0.1) is 19.3 Å². The highest BCUT2D eigenvalue weighted by atomic mass is 16.6. The first-order valence-corrected chi connectivity index (χ1v) is 10.6.